The summed E-state index contributed by atoms with van der Waals surface area (Å²) < 4.78 is 0. The van der Waals surface area contributed by atoms with Crippen molar-refractivity contribution < 1.29 is 0 Å². The Morgan fingerprint density at radius 2 is 1.75 bits per heavy atom. The lowest BCUT2D eigenvalue weighted by atomic mass is 9.90. The molecule has 20 heavy (non-hydrogen) atoms. The number of hydrogen-bond acceptors (Lipinski definition) is 4. The molecule has 0 aromatic carbocycles. The van der Waals surface area contributed by atoms with Gasteiger partial charge in [-0.2, -0.15) is 0 Å². The number of nitrogens with zero attached hydrogens (tertiary/aromatic N) is 3. The van der Waals surface area contributed by atoms with Gasteiger partial charge in [0.2, 0.25) is 0 Å². The Balaban J connectivity index is 1.47. The van der Waals surface area contributed by atoms with E-state index in [1.165, 1.54) is 64.0 Å². The zero-order valence-electron chi connectivity index (χ0n) is 12.5. The van der Waals surface area contributed by atoms with Crippen LogP contribution < -0.4 is 5.32 Å². The van der Waals surface area contributed by atoms with Crippen LogP contribution >= 0.6 is 0 Å². The summed E-state index contributed by atoms with van der Waals surface area (Å²) in [4.78, 5) is 11.3. The van der Waals surface area contributed by atoms with Crippen molar-refractivity contribution in [3.8, 4) is 0 Å². The predicted molar refractivity (Wildman–Crippen MR) is 80.8 cm³/mol. The smallest absolute Gasteiger partial charge is 0.125 e. The first-order valence-electron chi connectivity index (χ1n) is 8.03. The number of aryl methyl sites for hydroxylation is 1. The topological polar surface area (TPSA) is 41.1 Å². The Bertz CT molecular complexity index is 403. The lowest BCUT2D eigenvalue weighted by Crippen LogP contribution is -2.39. The maximum Gasteiger partial charge on any atom is 0.125 e. The highest BCUT2D eigenvalue weighted by Crippen LogP contribution is 2.28. The molecular formula is C16H26N4. The Morgan fingerprint density at radius 3 is 2.40 bits per heavy atom. The molecule has 0 atom stereocenters. The van der Waals surface area contributed by atoms with Gasteiger partial charge in [0.25, 0.3) is 0 Å². The number of nitrogens with one attached hydrogen (secondary N) is 1. The Morgan fingerprint density at radius 1 is 1.10 bits per heavy atom. The minimum absolute atomic E-state index is 0.667. The van der Waals surface area contributed by atoms with Crippen LogP contribution in [0.25, 0.3) is 0 Å². The molecule has 2 aliphatic heterocycles. The average molecular weight is 274 g/mol. The van der Waals surface area contributed by atoms with Gasteiger partial charge in [-0.15, -0.1) is 0 Å². The van der Waals surface area contributed by atoms with Gasteiger partial charge in [0.1, 0.15) is 5.82 Å². The van der Waals surface area contributed by atoms with Gasteiger partial charge in [0, 0.05) is 18.9 Å². The van der Waals surface area contributed by atoms with Crippen molar-refractivity contribution >= 4 is 0 Å². The molecule has 0 radical (unpaired) electrons. The van der Waals surface area contributed by atoms with E-state index in [0.29, 0.717) is 5.92 Å². The SMILES string of the molecule is Cc1ncc(C2CCN(CC3CCNCC3)CC2)cn1. The molecule has 4 nitrogen and oxygen atoms in total. The van der Waals surface area contributed by atoms with Gasteiger partial charge in [0.05, 0.1) is 0 Å². The molecular weight excluding hydrogens is 248 g/mol. The molecule has 1 aromatic rings. The van der Waals surface area contributed by atoms with E-state index in [9.17, 15) is 0 Å². The van der Waals surface area contributed by atoms with Gasteiger partial charge < -0.3 is 10.2 Å². The number of piperidine rings is 2. The number of aromatic nitrogens is 2. The minimum Gasteiger partial charge on any atom is -0.317 e. The van der Waals surface area contributed by atoms with E-state index in [1.807, 2.05) is 19.3 Å². The summed E-state index contributed by atoms with van der Waals surface area (Å²) in [6.07, 6.45) is 9.27. The molecule has 3 heterocycles. The molecule has 1 N–H and O–H groups in total. The van der Waals surface area contributed by atoms with Gasteiger partial charge in [-0.25, -0.2) is 9.97 Å². The third-order valence-electron chi connectivity index (χ3n) is 4.84. The lowest BCUT2D eigenvalue weighted by molar-refractivity contribution is 0.167. The van der Waals surface area contributed by atoms with Crippen molar-refractivity contribution in [2.24, 2.45) is 5.92 Å². The van der Waals surface area contributed by atoms with E-state index in [2.05, 4.69) is 20.2 Å². The normalized spacial score (nSPS) is 23.1. The molecule has 4 heteroatoms. The first kappa shape index (κ1) is 14.0. The first-order valence-corrected chi connectivity index (χ1v) is 8.03. The Hall–Kier alpha value is -1.00. The quantitative estimate of drug-likeness (QED) is 0.915. The Kier molecular flexibility index (Phi) is 4.63. The van der Waals surface area contributed by atoms with E-state index in [-0.39, 0.29) is 0 Å². The molecule has 2 fully saturated rings. The van der Waals surface area contributed by atoms with Crippen LogP contribution in [0, 0.1) is 12.8 Å². The summed E-state index contributed by atoms with van der Waals surface area (Å²) >= 11 is 0. The van der Waals surface area contributed by atoms with Crippen molar-refractivity contribution in [3.05, 3.63) is 23.8 Å². The Labute approximate surface area is 122 Å². The van der Waals surface area contributed by atoms with E-state index in [1.54, 1.807) is 0 Å². The summed E-state index contributed by atoms with van der Waals surface area (Å²) in [5, 5.41) is 3.45. The summed E-state index contributed by atoms with van der Waals surface area (Å²) in [6, 6.07) is 0. The molecule has 0 amide bonds. The summed E-state index contributed by atoms with van der Waals surface area (Å²) in [6.45, 7) is 8.15. The minimum atomic E-state index is 0.667. The second-order valence-electron chi connectivity index (χ2n) is 6.33. The van der Waals surface area contributed by atoms with Gasteiger partial charge in [-0.05, 0) is 76.2 Å². The van der Waals surface area contributed by atoms with Crippen molar-refractivity contribution in [1.29, 1.82) is 0 Å². The molecule has 110 valence electrons. The zero-order chi connectivity index (χ0) is 13.8. The van der Waals surface area contributed by atoms with Crippen LogP contribution in [0.15, 0.2) is 12.4 Å². The highest BCUT2D eigenvalue weighted by Gasteiger charge is 2.23. The zero-order valence-corrected chi connectivity index (χ0v) is 12.5. The van der Waals surface area contributed by atoms with Crippen molar-refractivity contribution in [1.82, 2.24) is 20.2 Å². The standard InChI is InChI=1S/C16H26N4/c1-13-18-10-16(11-19-13)15-4-8-20(9-5-15)12-14-2-6-17-7-3-14/h10-11,14-15,17H,2-9,12H2,1H3. The number of rotatable bonds is 3. The number of hydrogen-bond donors (Lipinski definition) is 1. The van der Waals surface area contributed by atoms with Crippen LogP contribution in [0.4, 0.5) is 0 Å². The van der Waals surface area contributed by atoms with E-state index in [0.717, 1.165) is 11.7 Å². The first-order chi connectivity index (χ1) is 9.81. The van der Waals surface area contributed by atoms with Gasteiger partial charge >= 0.3 is 0 Å². The van der Waals surface area contributed by atoms with Crippen LogP contribution in [-0.4, -0.2) is 47.6 Å². The molecule has 0 bridgehead atoms. The fourth-order valence-electron chi connectivity index (χ4n) is 3.49. The van der Waals surface area contributed by atoms with Crippen LogP contribution in [0.3, 0.4) is 0 Å². The third kappa shape index (κ3) is 3.55. The van der Waals surface area contributed by atoms with Gasteiger partial charge in [-0.1, -0.05) is 0 Å². The molecule has 0 unspecified atom stereocenters. The highest BCUT2D eigenvalue weighted by atomic mass is 15.1. The summed E-state index contributed by atoms with van der Waals surface area (Å²) in [5.74, 6) is 2.45. The van der Waals surface area contributed by atoms with E-state index in [4.69, 9.17) is 0 Å². The summed E-state index contributed by atoms with van der Waals surface area (Å²) in [5.41, 5.74) is 1.33. The van der Waals surface area contributed by atoms with Crippen molar-refractivity contribution in [2.45, 2.75) is 38.5 Å². The second-order valence-corrected chi connectivity index (χ2v) is 6.33. The van der Waals surface area contributed by atoms with E-state index < -0.39 is 0 Å². The van der Waals surface area contributed by atoms with Gasteiger partial charge in [0.15, 0.2) is 0 Å². The monoisotopic (exact) mass is 274 g/mol. The van der Waals surface area contributed by atoms with Crippen LogP contribution in [0.5, 0.6) is 0 Å². The molecule has 3 rings (SSSR count). The molecule has 0 aliphatic carbocycles. The molecule has 2 aliphatic rings. The van der Waals surface area contributed by atoms with Crippen molar-refractivity contribution in [2.75, 3.05) is 32.7 Å². The maximum atomic E-state index is 4.34. The molecule has 2 saturated heterocycles. The third-order valence-corrected chi connectivity index (χ3v) is 4.84. The molecule has 1 aromatic heterocycles. The fourth-order valence-corrected chi connectivity index (χ4v) is 3.49. The van der Waals surface area contributed by atoms with Crippen molar-refractivity contribution in [3.63, 3.8) is 0 Å². The van der Waals surface area contributed by atoms with Crippen LogP contribution in [-0.2, 0) is 0 Å². The highest BCUT2D eigenvalue weighted by molar-refractivity contribution is 5.12. The second kappa shape index (κ2) is 6.64. The molecule has 0 saturated carbocycles. The van der Waals surface area contributed by atoms with Gasteiger partial charge in [-0.3, -0.25) is 0 Å². The van der Waals surface area contributed by atoms with Crippen LogP contribution in [0.1, 0.15) is 43.0 Å². The predicted octanol–water partition coefficient (Wildman–Crippen LogP) is 1.96. The molecule has 0 spiro atoms. The summed E-state index contributed by atoms with van der Waals surface area (Å²) in [7, 11) is 0. The maximum absolute atomic E-state index is 4.34. The lowest BCUT2D eigenvalue weighted by Gasteiger charge is -2.35. The number of likely N-dealkylation sites (tertiary alicyclic amines) is 1. The average Bonchev–Trinajstić information content (AvgIpc) is 2.50. The largest absolute Gasteiger partial charge is 0.317 e. The fraction of sp³-hybridized carbons (Fsp3) is 0.750. The van der Waals surface area contributed by atoms with Crippen LogP contribution in [0.2, 0.25) is 0 Å². The van der Waals surface area contributed by atoms with E-state index >= 15 is 0 Å².